The average Bonchev–Trinajstić information content (AvgIpc) is 3.19. The third-order valence-electron chi connectivity index (χ3n) is 3.72. The molecule has 1 aliphatic rings. The van der Waals surface area contributed by atoms with Gasteiger partial charge >= 0.3 is 0 Å². The van der Waals surface area contributed by atoms with E-state index >= 15 is 0 Å². The highest BCUT2D eigenvalue weighted by atomic mass is 19.1. The zero-order valence-corrected chi connectivity index (χ0v) is 11.0. The maximum atomic E-state index is 13.3. The van der Waals surface area contributed by atoms with Gasteiger partial charge in [-0.2, -0.15) is 5.26 Å². The standard InChI is InChI=1S/C16H15FN2O/c17-15-4-3-12(8-18)14(7-15)10-19-6-5-13(9-19)16(20)11-1-2-11/h3-7,9,11,16,20H,1-2,10H2. The molecule has 20 heavy (non-hydrogen) atoms. The Bertz CT molecular complexity index is 667. The fourth-order valence-corrected chi connectivity index (χ4v) is 2.42. The van der Waals surface area contributed by atoms with Crippen LogP contribution in [0.3, 0.4) is 0 Å². The molecule has 0 saturated heterocycles. The highest BCUT2D eigenvalue weighted by molar-refractivity contribution is 5.38. The zero-order chi connectivity index (χ0) is 14.1. The number of hydrogen-bond acceptors (Lipinski definition) is 2. The number of rotatable bonds is 4. The van der Waals surface area contributed by atoms with Crippen molar-refractivity contribution >= 4 is 0 Å². The molecule has 0 bridgehead atoms. The number of aliphatic hydroxyl groups is 1. The molecule has 102 valence electrons. The molecule has 1 aliphatic carbocycles. The van der Waals surface area contributed by atoms with Crippen molar-refractivity contribution in [3.05, 3.63) is 59.2 Å². The molecule has 0 radical (unpaired) electrons. The Labute approximate surface area is 116 Å². The minimum Gasteiger partial charge on any atom is -0.388 e. The fraction of sp³-hybridized carbons (Fsp3) is 0.312. The Kier molecular flexibility index (Phi) is 3.29. The zero-order valence-electron chi connectivity index (χ0n) is 11.0. The van der Waals surface area contributed by atoms with Gasteiger partial charge in [-0.3, -0.25) is 0 Å². The third-order valence-corrected chi connectivity index (χ3v) is 3.72. The molecular weight excluding hydrogens is 255 g/mol. The summed E-state index contributed by atoms with van der Waals surface area (Å²) < 4.78 is 15.1. The number of benzene rings is 1. The van der Waals surface area contributed by atoms with Crippen LogP contribution in [0.4, 0.5) is 4.39 Å². The van der Waals surface area contributed by atoms with Crippen molar-refractivity contribution in [3.8, 4) is 6.07 Å². The average molecular weight is 270 g/mol. The molecule has 1 heterocycles. The van der Waals surface area contributed by atoms with E-state index in [0.29, 0.717) is 23.6 Å². The van der Waals surface area contributed by atoms with Crippen LogP contribution in [-0.2, 0) is 6.54 Å². The van der Waals surface area contributed by atoms with Crippen molar-refractivity contribution in [1.29, 1.82) is 5.26 Å². The minimum absolute atomic E-state index is 0.343. The van der Waals surface area contributed by atoms with Crippen molar-refractivity contribution in [2.45, 2.75) is 25.5 Å². The van der Waals surface area contributed by atoms with Crippen LogP contribution in [-0.4, -0.2) is 9.67 Å². The summed E-state index contributed by atoms with van der Waals surface area (Å²) in [5.74, 6) is 0.0408. The Balaban J connectivity index is 1.81. The Hall–Kier alpha value is -2.12. The van der Waals surface area contributed by atoms with Crippen LogP contribution in [0.15, 0.2) is 36.7 Å². The summed E-state index contributed by atoms with van der Waals surface area (Å²) in [5.41, 5.74) is 2.02. The molecule has 2 aromatic rings. The summed E-state index contributed by atoms with van der Waals surface area (Å²) >= 11 is 0. The molecule has 1 fully saturated rings. The lowest BCUT2D eigenvalue weighted by molar-refractivity contribution is 0.154. The summed E-state index contributed by atoms with van der Waals surface area (Å²) in [6.45, 7) is 0.429. The van der Waals surface area contributed by atoms with Crippen LogP contribution < -0.4 is 0 Å². The monoisotopic (exact) mass is 270 g/mol. The first kappa shape index (κ1) is 12.9. The van der Waals surface area contributed by atoms with E-state index in [-0.39, 0.29) is 5.82 Å². The predicted molar refractivity (Wildman–Crippen MR) is 72.3 cm³/mol. The Morgan fingerprint density at radius 2 is 2.20 bits per heavy atom. The minimum atomic E-state index is -0.404. The number of hydrogen-bond donors (Lipinski definition) is 1. The number of halogens is 1. The largest absolute Gasteiger partial charge is 0.388 e. The highest BCUT2D eigenvalue weighted by Crippen LogP contribution is 2.40. The first-order valence-electron chi connectivity index (χ1n) is 6.69. The van der Waals surface area contributed by atoms with Crippen LogP contribution in [0.5, 0.6) is 0 Å². The second-order valence-corrected chi connectivity index (χ2v) is 5.31. The van der Waals surface area contributed by atoms with Crippen LogP contribution in [0.1, 0.15) is 35.6 Å². The molecule has 1 N–H and O–H groups in total. The fourth-order valence-electron chi connectivity index (χ4n) is 2.42. The maximum absolute atomic E-state index is 13.3. The molecule has 0 amide bonds. The van der Waals surface area contributed by atoms with Gasteiger partial charge in [0.05, 0.1) is 17.7 Å². The predicted octanol–water partition coefficient (Wildman–Crippen LogP) is 2.99. The molecule has 1 saturated carbocycles. The second kappa shape index (κ2) is 5.10. The molecule has 1 unspecified atom stereocenters. The smallest absolute Gasteiger partial charge is 0.123 e. The normalized spacial score (nSPS) is 15.8. The Morgan fingerprint density at radius 1 is 1.40 bits per heavy atom. The highest BCUT2D eigenvalue weighted by Gasteiger charge is 2.31. The van der Waals surface area contributed by atoms with Crippen molar-refractivity contribution < 1.29 is 9.50 Å². The molecule has 1 aromatic heterocycles. The summed E-state index contributed by atoms with van der Waals surface area (Å²) in [6.07, 6.45) is 5.48. The van der Waals surface area contributed by atoms with E-state index in [9.17, 15) is 9.50 Å². The third kappa shape index (κ3) is 2.59. The van der Waals surface area contributed by atoms with Gasteiger partial charge in [0.15, 0.2) is 0 Å². The van der Waals surface area contributed by atoms with E-state index in [0.717, 1.165) is 18.4 Å². The lowest BCUT2D eigenvalue weighted by Crippen LogP contribution is -2.01. The topological polar surface area (TPSA) is 49.0 Å². The van der Waals surface area contributed by atoms with E-state index in [1.54, 1.807) is 0 Å². The maximum Gasteiger partial charge on any atom is 0.123 e. The lowest BCUT2D eigenvalue weighted by atomic mass is 10.1. The number of nitriles is 1. The number of aliphatic hydroxyl groups excluding tert-OH is 1. The molecular formula is C16H15FN2O. The summed E-state index contributed by atoms with van der Waals surface area (Å²) in [5, 5.41) is 19.1. The van der Waals surface area contributed by atoms with Crippen LogP contribution in [0.25, 0.3) is 0 Å². The van der Waals surface area contributed by atoms with Gasteiger partial charge in [0, 0.05) is 18.9 Å². The molecule has 3 rings (SSSR count). The van der Waals surface area contributed by atoms with Crippen LogP contribution in [0, 0.1) is 23.1 Å². The summed E-state index contributed by atoms with van der Waals surface area (Å²) in [6, 6.07) is 8.13. The molecule has 1 aromatic carbocycles. The molecule has 3 nitrogen and oxygen atoms in total. The van der Waals surface area contributed by atoms with Gasteiger partial charge in [-0.25, -0.2) is 4.39 Å². The van der Waals surface area contributed by atoms with Crippen molar-refractivity contribution in [2.24, 2.45) is 5.92 Å². The van der Waals surface area contributed by atoms with Gasteiger partial charge in [-0.15, -0.1) is 0 Å². The Morgan fingerprint density at radius 3 is 2.90 bits per heavy atom. The first-order valence-corrected chi connectivity index (χ1v) is 6.69. The van der Waals surface area contributed by atoms with Crippen LogP contribution in [0.2, 0.25) is 0 Å². The van der Waals surface area contributed by atoms with Crippen LogP contribution >= 0.6 is 0 Å². The van der Waals surface area contributed by atoms with E-state index in [4.69, 9.17) is 5.26 Å². The van der Waals surface area contributed by atoms with E-state index < -0.39 is 6.10 Å². The van der Waals surface area contributed by atoms with E-state index in [1.807, 2.05) is 23.0 Å². The van der Waals surface area contributed by atoms with Crippen molar-refractivity contribution in [2.75, 3.05) is 0 Å². The summed E-state index contributed by atoms with van der Waals surface area (Å²) in [7, 11) is 0. The molecule has 0 aliphatic heterocycles. The van der Waals surface area contributed by atoms with Crippen molar-refractivity contribution in [1.82, 2.24) is 4.57 Å². The quantitative estimate of drug-likeness (QED) is 0.928. The second-order valence-electron chi connectivity index (χ2n) is 5.31. The molecule has 4 heteroatoms. The SMILES string of the molecule is N#Cc1ccc(F)cc1Cn1ccc(C(O)C2CC2)c1. The first-order chi connectivity index (χ1) is 9.67. The van der Waals surface area contributed by atoms with Gasteiger partial charge in [-0.1, -0.05) is 0 Å². The van der Waals surface area contributed by atoms with Crippen molar-refractivity contribution in [3.63, 3.8) is 0 Å². The molecule has 1 atom stereocenters. The van der Waals surface area contributed by atoms with Gasteiger partial charge in [0.25, 0.3) is 0 Å². The van der Waals surface area contributed by atoms with E-state index in [2.05, 4.69) is 6.07 Å². The van der Waals surface area contributed by atoms with E-state index in [1.165, 1.54) is 18.2 Å². The van der Waals surface area contributed by atoms with Gasteiger partial charge in [0.2, 0.25) is 0 Å². The van der Waals surface area contributed by atoms with Gasteiger partial charge in [0.1, 0.15) is 5.82 Å². The summed E-state index contributed by atoms with van der Waals surface area (Å²) in [4.78, 5) is 0. The van der Waals surface area contributed by atoms with Gasteiger partial charge < -0.3 is 9.67 Å². The number of aromatic nitrogens is 1. The number of nitrogens with zero attached hydrogens (tertiary/aromatic N) is 2. The van der Waals surface area contributed by atoms with Gasteiger partial charge in [-0.05, 0) is 54.2 Å². The molecule has 0 spiro atoms. The lowest BCUT2D eigenvalue weighted by Gasteiger charge is -2.07.